The third-order valence-corrected chi connectivity index (χ3v) is 3.26. The van der Waals surface area contributed by atoms with E-state index in [9.17, 15) is 18.4 Å². The van der Waals surface area contributed by atoms with Gasteiger partial charge in [0, 0.05) is 12.5 Å². The number of hydrogen-bond acceptors (Lipinski definition) is 3. The standard InChI is InChI=1S/C15H18F2N2O3/c16-15(17)22-12-5-1-10(2-6-12)7-8-18-13(20)9-19-14(21)11-3-4-11/h1-2,5-6,11,15H,3-4,7-9H2,(H,18,20)(H,19,21). The minimum Gasteiger partial charge on any atom is -0.435 e. The zero-order valence-electron chi connectivity index (χ0n) is 12.0. The van der Waals surface area contributed by atoms with E-state index in [1.165, 1.54) is 12.1 Å². The number of amides is 2. The molecule has 1 saturated carbocycles. The fraction of sp³-hybridized carbons (Fsp3) is 0.467. The summed E-state index contributed by atoms with van der Waals surface area (Å²) in [5, 5.41) is 5.27. The van der Waals surface area contributed by atoms with Crippen molar-refractivity contribution in [2.45, 2.75) is 25.9 Å². The summed E-state index contributed by atoms with van der Waals surface area (Å²) >= 11 is 0. The number of benzene rings is 1. The Morgan fingerprint density at radius 3 is 2.45 bits per heavy atom. The lowest BCUT2D eigenvalue weighted by Crippen LogP contribution is -2.38. The molecule has 0 bridgehead atoms. The van der Waals surface area contributed by atoms with E-state index in [1.54, 1.807) is 12.1 Å². The van der Waals surface area contributed by atoms with E-state index >= 15 is 0 Å². The Kier molecular flexibility index (Phi) is 5.68. The van der Waals surface area contributed by atoms with Crippen LogP contribution in [-0.4, -0.2) is 31.5 Å². The van der Waals surface area contributed by atoms with E-state index in [0.29, 0.717) is 13.0 Å². The molecule has 0 saturated heterocycles. The van der Waals surface area contributed by atoms with Gasteiger partial charge in [0.25, 0.3) is 0 Å². The van der Waals surface area contributed by atoms with Gasteiger partial charge >= 0.3 is 6.61 Å². The zero-order chi connectivity index (χ0) is 15.9. The summed E-state index contributed by atoms with van der Waals surface area (Å²) < 4.78 is 28.2. The van der Waals surface area contributed by atoms with Crippen LogP contribution in [0.3, 0.4) is 0 Å². The molecule has 2 N–H and O–H groups in total. The summed E-state index contributed by atoms with van der Waals surface area (Å²) in [7, 11) is 0. The predicted molar refractivity (Wildman–Crippen MR) is 75.5 cm³/mol. The van der Waals surface area contributed by atoms with Crippen LogP contribution in [0.2, 0.25) is 0 Å². The van der Waals surface area contributed by atoms with Gasteiger partial charge in [0.1, 0.15) is 5.75 Å². The van der Waals surface area contributed by atoms with Gasteiger partial charge in [0.15, 0.2) is 0 Å². The van der Waals surface area contributed by atoms with Gasteiger partial charge in [-0.15, -0.1) is 0 Å². The minimum atomic E-state index is -2.84. The molecule has 0 radical (unpaired) electrons. The van der Waals surface area contributed by atoms with Gasteiger partial charge in [0.05, 0.1) is 6.54 Å². The maximum Gasteiger partial charge on any atom is 0.387 e. The molecule has 1 aromatic rings. The second-order valence-electron chi connectivity index (χ2n) is 5.11. The molecule has 0 aliphatic heterocycles. The van der Waals surface area contributed by atoms with Gasteiger partial charge in [-0.25, -0.2) is 0 Å². The van der Waals surface area contributed by atoms with Gasteiger partial charge in [-0.1, -0.05) is 12.1 Å². The molecule has 22 heavy (non-hydrogen) atoms. The first-order valence-corrected chi connectivity index (χ1v) is 7.13. The van der Waals surface area contributed by atoms with E-state index < -0.39 is 6.61 Å². The molecule has 0 heterocycles. The molecule has 0 aromatic heterocycles. The SMILES string of the molecule is O=C(CNC(=O)C1CC1)NCCc1ccc(OC(F)F)cc1. The summed E-state index contributed by atoms with van der Waals surface area (Å²) in [5.41, 5.74) is 0.893. The van der Waals surface area contributed by atoms with E-state index in [0.717, 1.165) is 18.4 Å². The van der Waals surface area contributed by atoms with Crippen molar-refractivity contribution in [1.29, 1.82) is 0 Å². The van der Waals surface area contributed by atoms with Crippen LogP contribution in [0.1, 0.15) is 18.4 Å². The first-order chi connectivity index (χ1) is 10.5. The van der Waals surface area contributed by atoms with Crippen LogP contribution in [0, 0.1) is 5.92 Å². The number of rotatable bonds is 8. The Bertz CT molecular complexity index is 516. The van der Waals surface area contributed by atoms with Crippen molar-refractivity contribution in [3.63, 3.8) is 0 Å². The van der Waals surface area contributed by atoms with Gasteiger partial charge in [-0.2, -0.15) is 8.78 Å². The van der Waals surface area contributed by atoms with Crippen LogP contribution < -0.4 is 15.4 Å². The highest BCUT2D eigenvalue weighted by Gasteiger charge is 2.29. The molecule has 0 atom stereocenters. The van der Waals surface area contributed by atoms with Crippen LogP contribution in [0.25, 0.3) is 0 Å². The molecular formula is C15H18F2N2O3. The van der Waals surface area contributed by atoms with Crippen molar-refractivity contribution in [1.82, 2.24) is 10.6 Å². The number of halogens is 2. The summed E-state index contributed by atoms with van der Waals surface area (Å²) in [6, 6.07) is 6.25. The molecule has 1 aliphatic carbocycles. The average molecular weight is 312 g/mol. The topological polar surface area (TPSA) is 67.4 Å². The normalized spacial score (nSPS) is 13.8. The van der Waals surface area contributed by atoms with Gasteiger partial charge in [0.2, 0.25) is 11.8 Å². The Balaban J connectivity index is 1.62. The molecular weight excluding hydrogens is 294 g/mol. The average Bonchev–Trinajstić information content (AvgIpc) is 3.31. The number of alkyl halides is 2. The smallest absolute Gasteiger partial charge is 0.387 e. The van der Waals surface area contributed by atoms with Gasteiger partial charge < -0.3 is 15.4 Å². The number of carbonyl (C=O) groups excluding carboxylic acids is 2. The van der Waals surface area contributed by atoms with Crippen molar-refractivity contribution in [2.24, 2.45) is 5.92 Å². The van der Waals surface area contributed by atoms with Crippen LogP contribution in [0.4, 0.5) is 8.78 Å². The van der Waals surface area contributed by atoms with E-state index in [1.807, 2.05) is 0 Å². The first-order valence-electron chi connectivity index (χ1n) is 7.13. The molecule has 120 valence electrons. The third-order valence-electron chi connectivity index (χ3n) is 3.26. The second-order valence-corrected chi connectivity index (χ2v) is 5.11. The van der Waals surface area contributed by atoms with Crippen LogP contribution >= 0.6 is 0 Å². The fourth-order valence-electron chi connectivity index (χ4n) is 1.90. The number of nitrogens with one attached hydrogen (secondary N) is 2. The molecule has 1 aliphatic rings. The summed E-state index contributed by atoms with van der Waals surface area (Å²) in [4.78, 5) is 22.9. The Morgan fingerprint density at radius 1 is 1.18 bits per heavy atom. The van der Waals surface area contributed by atoms with Crippen molar-refractivity contribution in [3.8, 4) is 5.75 Å². The number of carbonyl (C=O) groups is 2. The maximum absolute atomic E-state index is 12.0. The Hall–Kier alpha value is -2.18. The van der Waals surface area contributed by atoms with Crippen LogP contribution in [0.5, 0.6) is 5.75 Å². The molecule has 1 aromatic carbocycles. The van der Waals surface area contributed by atoms with Crippen LogP contribution in [0.15, 0.2) is 24.3 Å². The Labute approximate surface area is 127 Å². The van der Waals surface area contributed by atoms with E-state index in [2.05, 4.69) is 15.4 Å². The summed E-state index contributed by atoms with van der Waals surface area (Å²) in [6.45, 7) is -2.44. The molecule has 2 rings (SSSR count). The lowest BCUT2D eigenvalue weighted by Gasteiger charge is -2.08. The highest BCUT2D eigenvalue weighted by molar-refractivity contribution is 5.86. The van der Waals surface area contributed by atoms with Crippen LogP contribution in [-0.2, 0) is 16.0 Å². The molecule has 0 spiro atoms. The molecule has 1 fully saturated rings. The minimum absolute atomic E-state index is 0.0174. The second kappa shape index (κ2) is 7.72. The van der Waals surface area contributed by atoms with Gasteiger partial charge in [-0.05, 0) is 37.0 Å². The summed E-state index contributed by atoms with van der Waals surface area (Å²) in [5.74, 6) is -0.122. The molecule has 7 heteroatoms. The highest BCUT2D eigenvalue weighted by Crippen LogP contribution is 2.28. The molecule has 5 nitrogen and oxygen atoms in total. The third kappa shape index (κ3) is 5.67. The Morgan fingerprint density at radius 2 is 1.86 bits per heavy atom. The zero-order valence-corrected chi connectivity index (χ0v) is 12.0. The quantitative estimate of drug-likeness (QED) is 0.764. The van der Waals surface area contributed by atoms with Gasteiger partial charge in [-0.3, -0.25) is 9.59 Å². The largest absolute Gasteiger partial charge is 0.435 e. The van der Waals surface area contributed by atoms with Crippen molar-refractivity contribution in [3.05, 3.63) is 29.8 Å². The van der Waals surface area contributed by atoms with Crippen molar-refractivity contribution in [2.75, 3.05) is 13.1 Å². The lowest BCUT2D eigenvalue weighted by atomic mass is 10.1. The van der Waals surface area contributed by atoms with Crippen molar-refractivity contribution < 1.29 is 23.1 Å². The molecule has 2 amide bonds. The summed E-state index contributed by atoms with van der Waals surface area (Å²) in [6.07, 6.45) is 2.37. The first kappa shape index (κ1) is 16.2. The number of ether oxygens (including phenoxy) is 1. The number of hydrogen-bond donors (Lipinski definition) is 2. The van der Waals surface area contributed by atoms with E-state index in [-0.39, 0.29) is 30.0 Å². The predicted octanol–water partition coefficient (Wildman–Crippen LogP) is 1.47. The van der Waals surface area contributed by atoms with Crippen molar-refractivity contribution >= 4 is 11.8 Å². The molecule has 0 unspecified atom stereocenters. The monoisotopic (exact) mass is 312 g/mol. The highest BCUT2D eigenvalue weighted by atomic mass is 19.3. The lowest BCUT2D eigenvalue weighted by molar-refractivity contribution is -0.126. The van der Waals surface area contributed by atoms with E-state index in [4.69, 9.17) is 0 Å². The fourth-order valence-corrected chi connectivity index (χ4v) is 1.90. The maximum atomic E-state index is 12.0.